The number of ether oxygens (including phenoxy) is 2. The van der Waals surface area contributed by atoms with Crippen molar-refractivity contribution >= 4 is 18.1 Å². The van der Waals surface area contributed by atoms with Gasteiger partial charge in [-0.1, -0.05) is 0 Å². The van der Waals surface area contributed by atoms with Crippen LogP contribution in [0.3, 0.4) is 0 Å². The van der Waals surface area contributed by atoms with Crippen molar-refractivity contribution in [3.05, 3.63) is 5.53 Å². The molecule has 0 rings (SSSR count). The molecule has 0 aliphatic heterocycles. The number of ketones is 1. The Morgan fingerprint density at radius 3 is 2.05 bits per heavy atom. The molecule has 0 saturated carbocycles. The lowest BCUT2D eigenvalue weighted by molar-refractivity contribution is -0.125. The minimum atomic E-state index is -1.00. The molecule has 0 fully saturated rings. The summed E-state index contributed by atoms with van der Waals surface area (Å²) >= 11 is 0. The van der Waals surface area contributed by atoms with Crippen LogP contribution in [-0.4, -0.2) is 46.2 Å². The number of carbonyl (C=O) groups excluding carboxylic acids is 2. The molecule has 0 aromatic heterocycles. The normalized spacial score (nSPS) is 14.6. The number of carbonyl (C=O) groups is 2. The van der Waals surface area contributed by atoms with E-state index in [9.17, 15) is 9.59 Å². The van der Waals surface area contributed by atoms with Crippen LogP contribution in [0.25, 0.3) is 5.53 Å². The highest BCUT2D eigenvalue weighted by Gasteiger charge is 2.32. The maximum Gasteiger partial charge on any atom is 0.408 e. The lowest BCUT2D eigenvalue weighted by Gasteiger charge is -2.30. The lowest BCUT2D eigenvalue weighted by atomic mass is 10.1. The fourth-order valence-corrected chi connectivity index (χ4v) is 1.62. The second kappa shape index (κ2) is 7.33. The molecule has 0 aliphatic rings. The minimum Gasteiger partial charge on any atom is -0.444 e. The summed E-state index contributed by atoms with van der Waals surface area (Å²) in [5, 5.41) is 2.44. The first-order valence-electron chi connectivity index (χ1n) is 6.74. The summed E-state index contributed by atoms with van der Waals surface area (Å²) in [4.78, 5) is 26.4. The second-order valence-electron chi connectivity index (χ2n) is 6.71. The van der Waals surface area contributed by atoms with E-state index in [0.717, 1.165) is 6.21 Å². The van der Waals surface area contributed by atoms with Gasteiger partial charge in [-0.15, -0.1) is 0 Å². The zero-order valence-electron chi connectivity index (χ0n) is 13.8. The van der Waals surface area contributed by atoms with Gasteiger partial charge in [-0.2, -0.15) is 4.79 Å². The molecule has 0 aromatic carbocycles. The molecule has 0 aliphatic carbocycles. The fourth-order valence-electron chi connectivity index (χ4n) is 1.62. The van der Waals surface area contributed by atoms with Gasteiger partial charge in [0, 0.05) is 0 Å². The number of nitrogens with zero attached hydrogens (tertiary/aromatic N) is 2. The zero-order chi connectivity index (χ0) is 16.8. The van der Waals surface area contributed by atoms with E-state index in [0.29, 0.717) is 0 Å². The molecule has 0 radical (unpaired) electrons. The van der Waals surface area contributed by atoms with E-state index in [1.807, 2.05) is 20.8 Å². The monoisotopic (exact) mass is 299 g/mol. The van der Waals surface area contributed by atoms with Crippen molar-refractivity contribution < 1.29 is 23.9 Å². The molecule has 0 aromatic rings. The predicted octanol–water partition coefficient (Wildman–Crippen LogP) is 1.95. The van der Waals surface area contributed by atoms with Crippen molar-refractivity contribution in [3.8, 4) is 0 Å². The first-order valence-corrected chi connectivity index (χ1v) is 6.74. The molecule has 1 amide bonds. The van der Waals surface area contributed by atoms with Gasteiger partial charge in [0.25, 0.3) is 5.78 Å². The molecule has 120 valence electrons. The Balaban J connectivity index is 5.03. The summed E-state index contributed by atoms with van der Waals surface area (Å²) in [6.07, 6.45) is -0.635. The van der Waals surface area contributed by atoms with Crippen LogP contribution in [0.1, 0.15) is 48.5 Å². The van der Waals surface area contributed by atoms with Crippen LogP contribution in [0.2, 0.25) is 0 Å². The number of rotatable bonds is 5. The van der Waals surface area contributed by atoms with E-state index in [2.05, 4.69) is 10.1 Å². The average Bonchev–Trinajstić information content (AvgIpc) is 2.20. The Morgan fingerprint density at radius 1 is 1.14 bits per heavy atom. The maximum atomic E-state index is 11.9. The van der Waals surface area contributed by atoms with Crippen molar-refractivity contribution in [2.45, 2.75) is 71.8 Å². The van der Waals surface area contributed by atoms with E-state index in [1.54, 1.807) is 27.7 Å². The van der Waals surface area contributed by atoms with Crippen LogP contribution in [0.15, 0.2) is 0 Å². The minimum absolute atomic E-state index is 0.496. The molecule has 0 bridgehead atoms. The number of hydrogen-bond donors (Lipinski definition) is 1. The summed E-state index contributed by atoms with van der Waals surface area (Å²) in [6.45, 7) is 12.3. The summed E-state index contributed by atoms with van der Waals surface area (Å²) in [5.74, 6) is -0.583. The van der Waals surface area contributed by atoms with Crippen LogP contribution in [-0.2, 0) is 14.3 Å². The molecule has 0 heterocycles. The Bertz CT molecular complexity index is 428. The van der Waals surface area contributed by atoms with Crippen molar-refractivity contribution in [2.24, 2.45) is 0 Å². The third-order valence-corrected chi connectivity index (χ3v) is 2.17. The van der Waals surface area contributed by atoms with Crippen molar-refractivity contribution in [3.63, 3.8) is 0 Å². The van der Waals surface area contributed by atoms with Gasteiger partial charge in [0.1, 0.15) is 11.6 Å². The molecule has 21 heavy (non-hydrogen) atoms. The smallest absolute Gasteiger partial charge is 0.408 e. The summed E-state index contributed by atoms with van der Waals surface area (Å²) in [5.41, 5.74) is 7.30. The van der Waals surface area contributed by atoms with E-state index in [4.69, 9.17) is 15.0 Å². The summed E-state index contributed by atoms with van der Waals surface area (Å²) in [6, 6.07) is -1.00. The van der Waals surface area contributed by atoms with Crippen molar-refractivity contribution in [2.75, 3.05) is 0 Å². The topological polar surface area (TPSA) is 101 Å². The average molecular weight is 299 g/mol. The van der Waals surface area contributed by atoms with Gasteiger partial charge in [0.05, 0.1) is 11.7 Å². The molecular formula is C14H25N3O4. The van der Waals surface area contributed by atoms with Gasteiger partial charge in [-0.25, -0.2) is 4.79 Å². The van der Waals surface area contributed by atoms with Gasteiger partial charge >= 0.3 is 12.3 Å². The largest absolute Gasteiger partial charge is 0.444 e. The molecule has 2 atom stereocenters. The highest BCUT2D eigenvalue weighted by Crippen LogP contribution is 2.14. The van der Waals surface area contributed by atoms with Crippen LogP contribution < -0.4 is 5.32 Å². The number of alkyl carbamates (subject to hydrolysis) is 1. The zero-order valence-corrected chi connectivity index (χ0v) is 13.8. The molecule has 0 unspecified atom stereocenters. The first kappa shape index (κ1) is 19.3. The molecular weight excluding hydrogens is 274 g/mol. The molecule has 7 heteroatoms. The standard InChI is InChI=1S/C14H25N3O4/c1-9(20-13(2,3)4)11(10(18)8-16-15)17-12(19)21-14(5,6)7/h8-9,11H,1-7H3,(H,17,19)/t9-,11-/m0/s1. The van der Waals surface area contributed by atoms with Gasteiger partial charge < -0.3 is 20.3 Å². The van der Waals surface area contributed by atoms with Crippen molar-refractivity contribution in [1.29, 1.82) is 0 Å². The number of Topliss-reactive ketones (excluding diaryl/α,β-unsaturated/α-hetero) is 1. The third-order valence-electron chi connectivity index (χ3n) is 2.17. The summed E-state index contributed by atoms with van der Waals surface area (Å²) in [7, 11) is 0. The van der Waals surface area contributed by atoms with Gasteiger partial charge in [0.15, 0.2) is 0 Å². The second-order valence-corrected chi connectivity index (χ2v) is 6.71. The van der Waals surface area contributed by atoms with Crippen molar-refractivity contribution in [1.82, 2.24) is 5.32 Å². The van der Waals surface area contributed by atoms with E-state index < -0.39 is 35.2 Å². The summed E-state index contributed by atoms with van der Waals surface area (Å²) < 4.78 is 10.8. The third kappa shape index (κ3) is 8.94. The highest BCUT2D eigenvalue weighted by atomic mass is 16.6. The quantitative estimate of drug-likeness (QED) is 0.476. The van der Waals surface area contributed by atoms with Crippen LogP contribution >= 0.6 is 0 Å². The fraction of sp³-hybridized carbons (Fsp3) is 0.786. The van der Waals surface area contributed by atoms with Crippen LogP contribution in [0, 0.1) is 0 Å². The number of nitrogens with one attached hydrogen (secondary N) is 1. The molecule has 0 spiro atoms. The Labute approximate surface area is 125 Å². The lowest BCUT2D eigenvalue weighted by Crippen LogP contribution is -2.52. The number of amides is 1. The van der Waals surface area contributed by atoms with E-state index in [-0.39, 0.29) is 0 Å². The van der Waals surface area contributed by atoms with Crippen LogP contribution in [0.5, 0.6) is 0 Å². The first-order chi connectivity index (χ1) is 9.35. The van der Waals surface area contributed by atoms with Gasteiger partial charge in [-0.3, -0.25) is 4.79 Å². The molecule has 0 saturated heterocycles. The van der Waals surface area contributed by atoms with E-state index >= 15 is 0 Å². The maximum absolute atomic E-state index is 11.9. The SMILES string of the molecule is C[C@H](OC(C)(C)C)[C@H](NC(=O)OC(C)(C)C)C(=O)C=[N+]=[N-]. The highest BCUT2D eigenvalue weighted by molar-refractivity contribution is 6.28. The van der Waals surface area contributed by atoms with Gasteiger partial charge in [0.2, 0.25) is 0 Å². The van der Waals surface area contributed by atoms with Gasteiger partial charge in [-0.05, 0) is 48.5 Å². The van der Waals surface area contributed by atoms with E-state index in [1.165, 1.54) is 0 Å². The number of hydrogen-bond acceptors (Lipinski definition) is 4. The Hall–Kier alpha value is -1.72. The predicted molar refractivity (Wildman–Crippen MR) is 78.1 cm³/mol. The molecule has 1 N–H and O–H groups in total. The Morgan fingerprint density at radius 2 is 1.67 bits per heavy atom. The Kier molecular flexibility index (Phi) is 6.73. The molecule has 7 nitrogen and oxygen atoms in total. The van der Waals surface area contributed by atoms with Crippen LogP contribution in [0.4, 0.5) is 4.79 Å².